The molecule has 1 fully saturated rings. The summed E-state index contributed by atoms with van der Waals surface area (Å²) < 4.78 is 1.16. The van der Waals surface area contributed by atoms with Gasteiger partial charge in [0, 0.05) is 24.5 Å². The maximum atomic E-state index is 12.3. The lowest BCUT2D eigenvalue weighted by Gasteiger charge is -2.12. The van der Waals surface area contributed by atoms with Crippen molar-refractivity contribution in [2.75, 3.05) is 0 Å². The summed E-state index contributed by atoms with van der Waals surface area (Å²) in [5.41, 5.74) is 5.38. The quantitative estimate of drug-likeness (QED) is 0.721. The minimum Gasteiger partial charge on any atom is -0.504 e. The molecule has 0 unspecified atom stereocenters. The number of hydrogen-bond acceptors (Lipinski definition) is 5. The molecule has 2 heterocycles. The number of nitrogens with zero attached hydrogens (tertiary/aromatic N) is 2. The van der Waals surface area contributed by atoms with Gasteiger partial charge < -0.3 is 16.2 Å². The number of hydrogen-bond donors (Lipinski definition) is 3. The summed E-state index contributed by atoms with van der Waals surface area (Å²) >= 11 is 0. The van der Waals surface area contributed by atoms with E-state index >= 15 is 0 Å². The molecule has 0 spiro atoms. The van der Waals surface area contributed by atoms with Crippen molar-refractivity contribution >= 4 is 11.6 Å². The van der Waals surface area contributed by atoms with Gasteiger partial charge in [0.2, 0.25) is 0 Å². The van der Waals surface area contributed by atoms with E-state index in [1.165, 1.54) is 24.5 Å². The molecule has 2 atom stereocenters. The number of carbonyl (C=O) groups excluding carboxylic acids is 1. The summed E-state index contributed by atoms with van der Waals surface area (Å²) in [6.07, 6.45) is 5.06. The standard InChI is InChI=1S/C14H16N4O3/c15-8-3-4-9(6-8)17-13(20)10-7-16-12-11(19)2-1-5-18(12)14(10)21/h1-2,5,7-9,19H,3-4,6,15H2,(H,17,20)/t8-,9-/m1/s1. The number of carbonyl (C=O) groups is 1. The van der Waals surface area contributed by atoms with Crippen LogP contribution in [0.4, 0.5) is 0 Å². The third-order valence-electron chi connectivity index (χ3n) is 3.76. The molecule has 2 aromatic heterocycles. The first-order chi connectivity index (χ1) is 10.1. The molecular formula is C14H16N4O3. The molecule has 110 valence electrons. The Morgan fingerprint density at radius 3 is 3.00 bits per heavy atom. The number of aromatic hydroxyl groups is 1. The summed E-state index contributed by atoms with van der Waals surface area (Å²) in [7, 11) is 0. The molecule has 4 N–H and O–H groups in total. The zero-order valence-corrected chi connectivity index (χ0v) is 11.3. The highest BCUT2D eigenvalue weighted by atomic mass is 16.3. The van der Waals surface area contributed by atoms with Crippen LogP contribution >= 0.6 is 0 Å². The van der Waals surface area contributed by atoms with E-state index in [0.29, 0.717) is 0 Å². The normalized spacial score (nSPS) is 21.6. The molecule has 1 aliphatic carbocycles. The molecule has 2 aromatic rings. The van der Waals surface area contributed by atoms with E-state index < -0.39 is 11.5 Å². The fourth-order valence-corrected chi connectivity index (χ4v) is 2.66. The summed E-state index contributed by atoms with van der Waals surface area (Å²) in [5, 5.41) is 12.5. The molecule has 7 heteroatoms. The van der Waals surface area contributed by atoms with Crippen molar-refractivity contribution in [1.29, 1.82) is 0 Å². The first-order valence-corrected chi connectivity index (χ1v) is 6.82. The minimum absolute atomic E-state index is 0.00299. The number of aromatic nitrogens is 2. The number of pyridine rings is 1. The Morgan fingerprint density at radius 2 is 2.29 bits per heavy atom. The van der Waals surface area contributed by atoms with Gasteiger partial charge in [-0.3, -0.25) is 14.0 Å². The fourth-order valence-electron chi connectivity index (χ4n) is 2.66. The summed E-state index contributed by atoms with van der Waals surface area (Å²) in [6, 6.07) is 3.05. The molecule has 1 saturated carbocycles. The molecule has 0 aromatic carbocycles. The van der Waals surface area contributed by atoms with E-state index in [-0.39, 0.29) is 29.0 Å². The van der Waals surface area contributed by atoms with E-state index in [0.717, 1.165) is 23.7 Å². The largest absolute Gasteiger partial charge is 0.504 e. The van der Waals surface area contributed by atoms with Crippen LogP contribution in [0.15, 0.2) is 29.3 Å². The SMILES string of the molecule is N[C@@H]1CC[C@@H](NC(=O)c2cnc3c(O)cccn3c2=O)C1. The summed E-state index contributed by atoms with van der Waals surface area (Å²) in [6.45, 7) is 0. The van der Waals surface area contributed by atoms with Gasteiger partial charge in [0.05, 0.1) is 0 Å². The zero-order valence-electron chi connectivity index (χ0n) is 11.3. The molecule has 1 amide bonds. The van der Waals surface area contributed by atoms with Crippen LogP contribution in [0.3, 0.4) is 0 Å². The van der Waals surface area contributed by atoms with Gasteiger partial charge in [0.25, 0.3) is 11.5 Å². The van der Waals surface area contributed by atoms with E-state index in [4.69, 9.17) is 5.73 Å². The Labute approximate surface area is 120 Å². The highest BCUT2D eigenvalue weighted by molar-refractivity contribution is 5.94. The minimum atomic E-state index is -0.504. The summed E-state index contributed by atoms with van der Waals surface area (Å²) in [5.74, 6) is -0.562. The molecule has 0 aliphatic heterocycles. The monoisotopic (exact) mass is 288 g/mol. The Balaban J connectivity index is 1.92. The lowest BCUT2D eigenvalue weighted by atomic mass is 10.2. The van der Waals surface area contributed by atoms with E-state index in [1.807, 2.05) is 0 Å². The van der Waals surface area contributed by atoms with Crippen molar-refractivity contribution in [3.63, 3.8) is 0 Å². The Bertz CT molecular complexity index is 755. The highest BCUT2D eigenvalue weighted by Crippen LogP contribution is 2.17. The number of rotatable bonds is 2. The first-order valence-electron chi connectivity index (χ1n) is 6.82. The Hall–Kier alpha value is -2.41. The van der Waals surface area contributed by atoms with Gasteiger partial charge in [0.15, 0.2) is 11.4 Å². The molecule has 21 heavy (non-hydrogen) atoms. The lowest BCUT2D eigenvalue weighted by molar-refractivity contribution is 0.0935. The van der Waals surface area contributed by atoms with E-state index in [1.54, 1.807) is 0 Å². The second-order valence-electron chi connectivity index (χ2n) is 5.31. The van der Waals surface area contributed by atoms with Crippen LogP contribution in [0.25, 0.3) is 5.65 Å². The third kappa shape index (κ3) is 2.47. The molecular weight excluding hydrogens is 272 g/mol. The van der Waals surface area contributed by atoms with Gasteiger partial charge in [0.1, 0.15) is 5.56 Å². The van der Waals surface area contributed by atoms with Crippen molar-refractivity contribution in [3.05, 3.63) is 40.4 Å². The Morgan fingerprint density at radius 1 is 1.48 bits per heavy atom. The molecule has 0 bridgehead atoms. The van der Waals surface area contributed by atoms with Crippen LogP contribution in [0, 0.1) is 0 Å². The average molecular weight is 288 g/mol. The van der Waals surface area contributed by atoms with Crippen LogP contribution in [0.5, 0.6) is 5.75 Å². The smallest absolute Gasteiger partial charge is 0.270 e. The highest BCUT2D eigenvalue weighted by Gasteiger charge is 2.24. The lowest BCUT2D eigenvalue weighted by Crippen LogP contribution is -2.37. The number of nitrogens with one attached hydrogen (secondary N) is 1. The topological polar surface area (TPSA) is 110 Å². The predicted octanol–water partition coefficient (Wildman–Crippen LogP) is 0.00970. The van der Waals surface area contributed by atoms with Gasteiger partial charge in [-0.1, -0.05) is 0 Å². The van der Waals surface area contributed by atoms with Gasteiger partial charge in [-0.15, -0.1) is 0 Å². The first kappa shape index (κ1) is 13.6. The van der Waals surface area contributed by atoms with E-state index in [2.05, 4.69) is 10.3 Å². The van der Waals surface area contributed by atoms with Crippen LogP contribution in [0.1, 0.15) is 29.6 Å². The second kappa shape index (κ2) is 5.17. The van der Waals surface area contributed by atoms with Crippen molar-refractivity contribution < 1.29 is 9.90 Å². The molecule has 0 saturated heterocycles. The average Bonchev–Trinajstić information content (AvgIpc) is 2.85. The predicted molar refractivity (Wildman–Crippen MR) is 76.2 cm³/mol. The van der Waals surface area contributed by atoms with Gasteiger partial charge >= 0.3 is 0 Å². The summed E-state index contributed by atoms with van der Waals surface area (Å²) in [4.78, 5) is 28.5. The molecule has 3 rings (SSSR count). The fraction of sp³-hybridized carbons (Fsp3) is 0.357. The molecule has 7 nitrogen and oxygen atoms in total. The maximum absolute atomic E-state index is 12.3. The van der Waals surface area contributed by atoms with Crippen molar-refractivity contribution in [2.24, 2.45) is 5.73 Å². The van der Waals surface area contributed by atoms with Crippen LogP contribution in [0.2, 0.25) is 0 Å². The second-order valence-corrected chi connectivity index (χ2v) is 5.31. The van der Waals surface area contributed by atoms with Crippen molar-refractivity contribution in [3.8, 4) is 5.75 Å². The number of amides is 1. The third-order valence-corrected chi connectivity index (χ3v) is 3.76. The van der Waals surface area contributed by atoms with Gasteiger partial charge in [-0.2, -0.15) is 0 Å². The van der Waals surface area contributed by atoms with Gasteiger partial charge in [-0.05, 0) is 31.4 Å². The van der Waals surface area contributed by atoms with Crippen LogP contribution in [-0.4, -0.2) is 32.5 Å². The van der Waals surface area contributed by atoms with Crippen LogP contribution in [-0.2, 0) is 0 Å². The van der Waals surface area contributed by atoms with E-state index in [9.17, 15) is 14.7 Å². The number of fused-ring (bicyclic) bond motifs is 1. The van der Waals surface area contributed by atoms with Crippen LogP contribution < -0.4 is 16.6 Å². The Kier molecular flexibility index (Phi) is 3.34. The maximum Gasteiger partial charge on any atom is 0.270 e. The zero-order chi connectivity index (χ0) is 15.0. The molecule has 1 aliphatic rings. The number of nitrogens with two attached hydrogens (primary N) is 1. The van der Waals surface area contributed by atoms with Gasteiger partial charge in [-0.25, -0.2) is 4.98 Å². The van der Waals surface area contributed by atoms with Crippen molar-refractivity contribution in [1.82, 2.24) is 14.7 Å². The molecule has 0 radical (unpaired) electrons. The van der Waals surface area contributed by atoms with Crippen molar-refractivity contribution in [2.45, 2.75) is 31.3 Å².